The average molecular weight is 196 g/mol. The molecule has 4 nitrogen and oxygen atoms in total. The molecule has 0 aliphatic rings. The topological polar surface area (TPSA) is 54.5 Å². The largest absolute Gasteiger partial charge is 0.277 e. The highest BCUT2D eigenvalue weighted by molar-refractivity contribution is 5.92. The molecule has 2 aromatic heterocycles. The highest BCUT2D eigenvalue weighted by atomic mass is 15.1. The van der Waals surface area contributed by atoms with E-state index in [1.54, 1.807) is 12.4 Å². The van der Waals surface area contributed by atoms with Gasteiger partial charge in [0.2, 0.25) is 0 Å². The molecule has 1 N–H and O–H groups in total. The highest BCUT2D eigenvalue weighted by Gasteiger charge is 2.05. The molecule has 4 heteroatoms. The lowest BCUT2D eigenvalue weighted by atomic mass is 10.1. The third-order valence-electron chi connectivity index (χ3n) is 2.32. The van der Waals surface area contributed by atoms with E-state index in [0.717, 1.165) is 22.2 Å². The van der Waals surface area contributed by atoms with Crippen molar-refractivity contribution in [1.82, 2.24) is 20.4 Å². The Morgan fingerprint density at radius 2 is 2.07 bits per heavy atom. The Morgan fingerprint density at radius 3 is 2.93 bits per heavy atom. The molecule has 3 rings (SSSR count). The normalized spacial score (nSPS) is 10.7. The van der Waals surface area contributed by atoms with Crippen LogP contribution in [0.1, 0.15) is 0 Å². The fourth-order valence-corrected chi connectivity index (χ4v) is 1.63. The maximum atomic E-state index is 4.08. The number of rotatable bonds is 1. The van der Waals surface area contributed by atoms with Gasteiger partial charge in [0.1, 0.15) is 0 Å². The molecule has 72 valence electrons. The molecule has 0 saturated carbocycles. The van der Waals surface area contributed by atoms with Crippen LogP contribution in [0.25, 0.3) is 22.2 Å². The Labute approximate surface area is 86.0 Å². The molecule has 0 unspecified atom stereocenters. The number of benzene rings is 1. The van der Waals surface area contributed by atoms with Gasteiger partial charge in [-0.15, -0.1) is 0 Å². The molecule has 0 saturated heterocycles. The van der Waals surface area contributed by atoms with Crippen LogP contribution in [0.2, 0.25) is 0 Å². The summed E-state index contributed by atoms with van der Waals surface area (Å²) < 4.78 is 0. The number of nitrogens with zero attached hydrogens (tertiary/aromatic N) is 3. The van der Waals surface area contributed by atoms with Crippen LogP contribution >= 0.6 is 0 Å². The van der Waals surface area contributed by atoms with Gasteiger partial charge in [-0.3, -0.25) is 5.10 Å². The Hall–Kier alpha value is -2.23. The molecule has 0 fully saturated rings. The number of aromatic nitrogens is 4. The van der Waals surface area contributed by atoms with E-state index in [1.165, 1.54) is 0 Å². The molecular formula is C11H8N4. The SMILES string of the molecule is c1cnnc(-c2cccc3cn[nH]c23)c1. The first-order chi connectivity index (χ1) is 7.45. The summed E-state index contributed by atoms with van der Waals surface area (Å²) in [4.78, 5) is 0. The first-order valence-electron chi connectivity index (χ1n) is 4.65. The van der Waals surface area contributed by atoms with E-state index in [0.29, 0.717) is 0 Å². The van der Waals surface area contributed by atoms with Crippen molar-refractivity contribution in [1.29, 1.82) is 0 Å². The van der Waals surface area contributed by atoms with E-state index in [-0.39, 0.29) is 0 Å². The summed E-state index contributed by atoms with van der Waals surface area (Å²) in [6.07, 6.45) is 3.46. The van der Waals surface area contributed by atoms with Gasteiger partial charge in [0.05, 0.1) is 17.4 Å². The lowest BCUT2D eigenvalue weighted by Gasteiger charge is -1.99. The first kappa shape index (κ1) is 8.11. The molecule has 1 aromatic carbocycles. The molecule has 0 atom stereocenters. The molecular weight excluding hydrogens is 188 g/mol. The monoisotopic (exact) mass is 196 g/mol. The van der Waals surface area contributed by atoms with Crippen LogP contribution < -0.4 is 0 Å². The lowest BCUT2D eigenvalue weighted by Crippen LogP contribution is -1.86. The van der Waals surface area contributed by atoms with Gasteiger partial charge >= 0.3 is 0 Å². The van der Waals surface area contributed by atoms with Crippen molar-refractivity contribution in [2.24, 2.45) is 0 Å². The summed E-state index contributed by atoms with van der Waals surface area (Å²) in [7, 11) is 0. The Morgan fingerprint density at radius 1 is 1.07 bits per heavy atom. The van der Waals surface area contributed by atoms with Crippen LogP contribution in [0.3, 0.4) is 0 Å². The Kier molecular flexibility index (Phi) is 1.71. The van der Waals surface area contributed by atoms with Crippen molar-refractivity contribution in [3.05, 3.63) is 42.7 Å². The maximum absolute atomic E-state index is 4.08. The minimum Gasteiger partial charge on any atom is -0.277 e. The third kappa shape index (κ3) is 1.27. The van der Waals surface area contributed by atoms with Crippen LogP contribution in [0.5, 0.6) is 0 Å². The maximum Gasteiger partial charge on any atom is 0.0951 e. The number of para-hydroxylation sites is 1. The minimum absolute atomic E-state index is 0.854. The van der Waals surface area contributed by atoms with Crippen LogP contribution in [0, 0.1) is 0 Å². The van der Waals surface area contributed by atoms with E-state index >= 15 is 0 Å². The quantitative estimate of drug-likeness (QED) is 0.647. The molecule has 3 aromatic rings. The van der Waals surface area contributed by atoms with E-state index in [2.05, 4.69) is 20.4 Å². The van der Waals surface area contributed by atoms with Gasteiger partial charge in [-0.1, -0.05) is 18.2 Å². The van der Waals surface area contributed by atoms with Gasteiger partial charge < -0.3 is 0 Å². The lowest BCUT2D eigenvalue weighted by molar-refractivity contribution is 1.04. The van der Waals surface area contributed by atoms with Crippen molar-refractivity contribution in [2.45, 2.75) is 0 Å². The number of hydrogen-bond acceptors (Lipinski definition) is 3. The second-order valence-corrected chi connectivity index (χ2v) is 3.25. The Bertz CT molecular complexity index is 586. The highest BCUT2D eigenvalue weighted by Crippen LogP contribution is 2.24. The molecule has 2 heterocycles. The Balaban J connectivity index is 2.31. The number of H-pyrrole nitrogens is 1. The second kappa shape index (κ2) is 3.16. The fourth-order valence-electron chi connectivity index (χ4n) is 1.63. The molecule has 0 aliphatic carbocycles. The van der Waals surface area contributed by atoms with Crippen molar-refractivity contribution in [3.8, 4) is 11.3 Å². The summed E-state index contributed by atoms with van der Waals surface area (Å²) in [6, 6.07) is 9.81. The van der Waals surface area contributed by atoms with Gasteiger partial charge in [-0.05, 0) is 12.1 Å². The van der Waals surface area contributed by atoms with Crippen molar-refractivity contribution in [3.63, 3.8) is 0 Å². The summed E-state index contributed by atoms with van der Waals surface area (Å²) >= 11 is 0. The smallest absolute Gasteiger partial charge is 0.0951 e. The van der Waals surface area contributed by atoms with E-state index in [4.69, 9.17) is 0 Å². The number of hydrogen-bond donors (Lipinski definition) is 1. The van der Waals surface area contributed by atoms with Gasteiger partial charge in [-0.25, -0.2) is 0 Å². The van der Waals surface area contributed by atoms with Gasteiger partial charge in [0.25, 0.3) is 0 Å². The zero-order valence-electron chi connectivity index (χ0n) is 7.88. The average Bonchev–Trinajstić information content (AvgIpc) is 2.78. The van der Waals surface area contributed by atoms with E-state index in [9.17, 15) is 0 Å². The van der Waals surface area contributed by atoms with Gasteiger partial charge in [0, 0.05) is 17.1 Å². The van der Waals surface area contributed by atoms with Crippen LogP contribution in [0.4, 0.5) is 0 Å². The van der Waals surface area contributed by atoms with Crippen LogP contribution in [-0.2, 0) is 0 Å². The first-order valence-corrected chi connectivity index (χ1v) is 4.65. The summed E-state index contributed by atoms with van der Waals surface area (Å²) in [5, 5.41) is 16.0. The summed E-state index contributed by atoms with van der Waals surface area (Å²) in [5.41, 5.74) is 2.88. The van der Waals surface area contributed by atoms with Crippen molar-refractivity contribution in [2.75, 3.05) is 0 Å². The third-order valence-corrected chi connectivity index (χ3v) is 2.32. The number of nitrogens with one attached hydrogen (secondary N) is 1. The predicted molar refractivity (Wildman–Crippen MR) is 57.1 cm³/mol. The van der Waals surface area contributed by atoms with E-state index < -0.39 is 0 Å². The van der Waals surface area contributed by atoms with Gasteiger partial charge in [0.15, 0.2) is 0 Å². The molecule has 0 radical (unpaired) electrons. The molecule has 0 bridgehead atoms. The number of aromatic amines is 1. The van der Waals surface area contributed by atoms with E-state index in [1.807, 2.05) is 30.3 Å². The predicted octanol–water partition coefficient (Wildman–Crippen LogP) is 2.02. The standard InChI is InChI=1S/C11H8N4/c1-3-8-7-13-15-11(8)9(4-1)10-5-2-6-12-14-10/h1-7H,(H,13,15). The molecule has 15 heavy (non-hydrogen) atoms. The van der Waals surface area contributed by atoms with Crippen molar-refractivity contribution >= 4 is 10.9 Å². The molecule has 0 amide bonds. The number of fused-ring (bicyclic) bond motifs is 1. The van der Waals surface area contributed by atoms with Crippen molar-refractivity contribution < 1.29 is 0 Å². The zero-order valence-corrected chi connectivity index (χ0v) is 7.88. The van der Waals surface area contributed by atoms with Gasteiger partial charge in [-0.2, -0.15) is 15.3 Å². The second-order valence-electron chi connectivity index (χ2n) is 3.25. The van der Waals surface area contributed by atoms with Crippen LogP contribution in [-0.4, -0.2) is 20.4 Å². The van der Waals surface area contributed by atoms with Crippen LogP contribution in [0.15, 0.2) is 42.7 Å². The molecule has 0 spiro atoms. The fraction of sp³-hybridized carbons (Fsp3) is 0. The minimum atomic E-state index is 0.854. The summed E-state index contributed by atoms with van der Waals surface area (Å²) in [5.74, 6) is 0. The zero-order chi connectivity index (χ0) is 10.1. The molecule has 0 aliphatic heterocycles. The summed E-state index contributed by atoms with van der Waals surface area (Å²) in [6.45, 7) is 0.